The number of nitriles is 1. The number of sulfonamides is 1. The smallest absolute Gasteiger partial charge is 0.253 e. The second-order valence-electron chi connectivity index (χ2n) is 4.52. The first-order chi connectivity index (χ1) is 11.1. The number of hydrogen-bond acceptors (Lipinski definition) is 6. The number of nitrogens with zero attached hydrogens (tertiary/aromatic N) is 3. The highest BCUT2D eigenvalue weighted by molar-refractivity contribution is 7.93. The predicted octanol–water partition coefficient (Wildman–Crippen LogP) is 2.88. The lowest BCUT2D eigenvalue weighted by atomic mass is 10.2. The summed E-state index contributed by atoms with van der Waals surface area (Å²) in [4.78, 5) is 0.00742. The van der Waals surface area contributed by atoms with Crippen LogP contribution in [0.15, 0.2) is 59.5 Å². The lowest BCUT2D eigenvalue weighted by Crippen LogP contribution is -2.12. The van der Waals surface area contributed by atoms with Crippen LogP contribution in [0.1, 0.15) is 5.56 Å². The Morgan fingerprint density at radius 2 is 1.83 bits per heavy atom. The molecule has 0 fully saturated rings. The maximum absolute atomic E-state index is 12.3. The highest BCUT2D eigenvalue weighted by Crippen LogP contribution is 2.27. The highest BCUT2D eigenvalue weighted by atomic mass is 32.2. The number of rotatable bonds is 4. The second kappa shape index (κ2) is 6.16. The molecule has 3 rings (SSSR count). The summed E-state index contributed by atoms with van der Waals surface area (Å²) in [7, 11) is -3.81. The predicted molar refractivity (Wildman–Crippen MR) is 87.3 cm³/mol. The van der Waals surface area contributed by atoms with E-state index in [1.165, 1.54) is 24.3 Å². The van der Waals surface area contributed by atoms with E-state index in [4.69, 9.17) is 5.26 Å². The van der Waals surface area contributed by atoms with Crippen molar-refractivity contribution in [1.82, 2.24) is 10.2 Å². The average molecular weight is 342 g/mol. The molecule has 1 aromatic heterocycles. The van der Waals surface area contributed by atoms with Crippen LogP contribution in [0.5, 0.6) is 0 Å². The van der Waals surface area contributed by atoms with Gasteiger partial charge in [0, 0.05) is 5.56 Å². The first kappa shape index (κ1) is 15.1. The number of benzene rings is 2. The Bertz CT molecular complexity index is 976. The van der Waals surface area contributed by atoms with Gasteiger partial charge in [-0.2, -0.15) is 5.26 Å². The topological polar surface area (TPSA) is 95.7 Å². The van der Waals surface area contributed by atoms with Crippen molar-refractivity contribution in [2.45, 2.75) is 4.90 Å². The summed E-state index contributed by atoms with van der Waals surface area (Å²) >= 11 is 1.14. The van der Waals surface area contributed by atoms with Crippen LogP contribution in [0, 0.1) is 11.3 Å². The van der Waals surface area contributed by atoms with E-state index in [1.54, 1.807) is 0 Å². The number of hydrogen-bond donors (Lipinski definition) is 1. The Hall–Kier alpha value is -2.76. The van der Waals surface area contributed by atoms with E-state index in [-0.39, 0.29) is 15.6 Å². The molecule has 1 N–H and O–H groups in total. The third kappa shape index (κ3) is 3.36. The van der Waals surface area contributed by atoms with Crippen molar-refractivity contribution in [3.8, 4) is 16.6 Å². The standard InChI is InChI=1S/C15H10N4O2S2/c16-10-11-5-4-8-13(9-11)23(20,21)19-15-18-17-14(22-15)12-6-2-1-3-7-12/h1-9H,(H,18,19). The molecule has 6 nitrogen and oxygen atoms in total. The lowest BCUT2D eigenvalue weighted by Gasteiger charge is -2.04. The van der Waals surface area contributed by atoms with E-state index in [1.807, 2.05) is 36.4 Å². The van der Waals surface area contributed by atoms with Gasteiger partial charge in [0.25, 0.3) is 10.0 Å². The van der Waals surface area contributed by atoms with Crippen molar-refractivity contribution < 1.29 is 8.42 Å². The largest absolute Gasteiger partial charge is 0.263 e. The van der Waals surface area contributed by atoms with Gasteiger partial charge in [0.15, 0.2) is 0 Å². The molecule has 0 bridgehead atoms. The van der Waals surface area contributed by atoms with Crippen molar-refractivity contribution >= 4 is 26.5 Å². The van der Waals surface area contributed by atoms with Crippen LogP contribution in [-0.4, -0.2) is 18.6 Å². The van der Waals surface area contributed by atoms with Gasteiger partial charge in [-0.05, 0) is 18.2 Å². The van der Waals surface area contributed by atoms with Gasteiger partial charge in [-0.25, -0.2) is 8.42 Å². The van der Waals surface area contributed by atoms with Crippen LogP contribution in [0.2, 0.25) is 0 Å². The molecule has 114 valence electrons. The summed E-state index contributed by atoms with van der Waals surface area (Å²) in [5, 5.41) is 17.5. The van der Waals surface area contributed by atoms with Crippen LogP contribution in [0.25, 0.3) is 10.6 Å². The Balaban J connectivity index is 1.87. The molecule has 0 aliphatic carbocycles. The Morgan fingerprint density at radius 3 is 2.57 bits per heavy atom. The van der Waals surface area contributed by atoms with Crippen LogP contribution < -0.4 is 4.72 Å². The van der Waals surface area contributed by atoms with Gasteiger partial charge in [0.05, 0.1) is 16.5 Å². The maximum Gasteiger partial charge on any atom is 0.263 e. The third-order valence-electron chi connectivity index (χ3n) is 2.94. The van der Waals surface area contributed by atoms with E-state index < -0.39 is 10.0 Å². The maximum atomic E-state index is 12.3. The molecule has 3 aromatic rings. The fourth-order valence-electron chi connectivity index (χ4n) is 1.87. The molecule has 0 saturated carbocycles. The lowest BCUT2D eigenvalue weighted by molar-refractivity contribution is 0.601. The van der Waals surface area contributed by atoms with Crippen molar-refractivity contribution in [3.05, 3.63) is 60.2 Å². The summed E-state index contributed by atoms with van der Waals surface area (Å²) in [6.07, 6.45) is 0. The van der Waals surface area contributed by atoms with E-state index in [9.17, 15) is 8.42 Å². The first-order valence-electron chi connectivity index (χ1n) is 6.50. The van der Waals surface area contributed by atoms with Crippen LogP contribution >= 0.6 is 11.3 Å². The molecular weight excluding hydrogens is 332 g/mol. The van der Waals surface area contributed by atoms with Gasteiger partial charge in [-0.15, -0.1) is 10.2 Å². The van der Waals surface area contributed by atoms with Gasteiger partial charge in [-0.3, -0.25) is 4.72 Å². The number of aromatic nitrogens is 2. The average Bonchev–Trinajstić information content (AvgIpc) is 3.03. The van der Waals surface area contributed by atoms with E-state index in [0.717, 1.165) is 16.9 Å². The quantitative estimate of drug-likeness (QED) is 0.786. The van der Waals surface area contributed by atoms with Crippen molar-refractivity contribution in [1.29, 1.82) is 5.26 Å². The molecule has 0 amide bonds. The Labute approximate surface area is 137 Å². The fourth-order valence-corrected chi connectivity index (χ4v) is 3.89. The van der Waals surface area contributed by atoms with Crippen LogP contribution in [0.4, 0.5) is 5.13 Å². The molecule has 0 radical (unpaired) electrons. The zero-order valence-electron chi connectivity index (χ0n) is 11.7. The minimum absolute atomic E-state index is 0.00742. The second-order valence-corrected chi connectivity index (χ2v) is 7.18. The molecule has 1 heterocycles. The van der Waals surface area contributed by atoms with Gasteiger partial charge in [0.2, 0.25) is 5.13 Å². The van der Waals surface area contributed by atoms with Gasteiger partial charge in [0.1, 0.15) is 5.01 Å². The summed E-state index contributed by atoms with van der Waals surface area (Å²) < 4.78 is 27.1. The summed E-state index contributed by atoms with van der Waals surface area (Å²) in [5.41, 5.74) is 1.14. The summed E-state index contributed by atoms with van der Waals surface area (Å²) in [6.45, 7) is 0. The monoisotopic (exact) mass is 342 g/mol. The zero-order valence-corrected chi connectivity index (χ0v) is 13.3. The molecule has 0 saturated heterocycles. The Morgan fingerprint density at radius 1 is 1.04 bits per heavy atom. The Kier molecular flexibility index (Phi) is 4.06. The molecule has 0 atom stereocenters. The molecule has 2 aromatic carbocycles. The first-order valence-corrected chi connectivity index (χ1v) is 8.80. The van der Waals surface area contributed by atoms with Crippen molar-refractivity contribution in [2.24, 2.45) is 0 Å². The van der Waals surface area contributed by atoms with Crippen molar-refractivity contribution in [2.75, 3.05) is 4.72 Å². The molecule has 0 aliphatic heterocycles. The van der Waals surface area contributed by atoms with Gasteiger partial charge >= 0.3 is 0 Å². The molecular formula is C15H10N4O2S2. The minimum atomic E-state index is -3.81. The van der Waals surface area contributed by atoms with Crippen LogP contribution in [-0.2, 0) is 10.0 Å². The van der Waals surface area contributed by atoms with E-state index in [2.05, 4.69) is 14.9 Å². The van der Waals surface area contributed by atoms with Crippen molar-refractivity contribution in [3.63, 3.8) is 0 Å². The number of nitrogens with one attached hydrogen (secondary N) is 1. The fraction of sp³-hybridized carbons (Fsp3) is 0. The highest BCUT2D eigenvalue weighted by Gasteiger charge is 2.17. The van der Waals surface area contributed by atoms with Crippen LogP contribution in [0.3, 0.4) is 0 Å². The number of anilines is 1. The minimum Gasteiger partial charge on any atom is -0.253 e. The molecule has 23 heavy (non-hydrogen) atoms. The van der Waals surface area contributed by atoms with Gasteiger partial charge < -0.3 is 0 Å². The molecule has 0 spiro atoms. The summed E-state index contributed by atoms with van der Waals surface area (Å²) in [5.74, 6) is 0. The van der Waals surface area contributed by atoms with E-state index in [0.29, 0.717) is 5.01 Å². The normalized spacial score (nSPS) is 10.9. The van der Waals surface area contributed by atoms with E-state index >= 15 is 0 Å². The van der Waals surface area contributed by atoms with Gasteiger partial charge in [-0.1, -0.05) is 47.7 Å². The third-order valence-corrected chi connectivity index (χ3v) is 5.29. The molecule has 0 unspecified atom stereocenters. The molecule has 0 aliphatic rings. The summed E-state index contributed by atoms with van der Waals surface area (Å²) in [6, 6.07) is 17.1. The molecule has 8 heteroatoms. The SMILES string of the molecule is N#Cc1cccc(S(=O)(=O)Nc2nnc(-c3ccccc3)s2)c1. The zero-order chi connectivity index (χ0) is 16.3.